The van der Waals surface area contributed by atoms with E-state index >= 15 is 0 Å². The number of halogens is 1. The lowest BCUT2D eigenvalue weighted by atomic mass is 10.0. The van der Waals surface area contributed by atoms with Crippen LogP contribution >= 0.6 is 22.6 Å². The van der Waals surface area contributed by atoms with E-state index in [1.807, 2.05) is 54.6 Å². The number of anilines is 1. The molecule has 0 saturated heterocycles. The van der Waals surface area contributed by atoms with Crippen LogP contribution in [0.2, 0.25) is 0 Å². The van der Waals surface area contributed by atoms with Gasteiger partial charge in [-0.3, -0.25) is 0 Å². The number of nitrogens with zero attached hydrogens (tertiary/aromatic N) is 1. The van der Waals surface area contributed by atoms with Crippen molar-refractivity contribution in [2.45, 2.75) is 0 Å². The van der Waals surface area contributed by atoms with Crippen molar-refractivity contribution in [2.24, 2.45) is 0 Å². The van der Waals surface area contributed by atoms with Crippen molar-refractivity contribution in [3.05, 3.63) is 58.2 Å². The molecule has 3 nitrogen and oxygen atoms in total. The SMILES string of the molecule is Nc1onc(-c2ccccc2I)c1-c1ccccc1. The smallest absolute Gasteiger partial charge is 0.230 e. The van der Waals surface area contributed by atoms with Gasteiger partial charge in [0.1, 0.15) is 5.69 Å². The summed E-state index contributed by atoms with van der Waals surface area (Å²) in [5.41, 5.74) is 9.61. The number of aromatic nitrogens is 1. The van der Waals surface area contributed by atoms with Crippen molar-refractivity contribution in [3.8, 4) is 22.4 Å². The van der Waals surface area contributed by atoms with Crippen molar-refractivity contribution >= 4 is 28.5 Å². The van der Waals surface area contributed by atoms with E-state index in [1.165, 1.54) is 0 Å². The van der Waals surface area contributed by atoms with E-state index in [2.05, 4.69) is 27.7 Å². The minimum absolute atomic E-state index is 0.348. The van der Waals surface area contributed by atoms with Gasteiger partial charge in [-0.15, -0.1) is 0 Å². The van der Waals surface area contributed by atoms with Crippen molar-refractivity contribution in [3.63, 3.8) is 0 Å². The van der Waals surface area contributed by atoms with Gasteiger partial charge in [0.25, 0.3) is 0 Å². The molecule has 0 bridgehead atoms. The van der Waals surface area contributed by atoms with Gasteiger partial charge < -0.3 is 10.3 Å². The first-order chi connectivity index (χ1) is 9.27. The van der Waals surface area contributed by atoms with Gasteiger partial charge in [0, 0.05) is 9.13 Å². The summed E-state index contributed by atoms with van der Waals surface area (Å²) < 4.78 is 6.30. The van der Waals surface area contributed by atoms with Crippen LogP contribution in [0.5, 0.6) is 0 Å². The van der Waals surface area contributed by atoms with Gasteiger partial charge in [0.2, 0.25) is 5.88 Å². The highest BCUT2D eigenvalue weighted by molar-refractivity contribution is 14.1. The highest BCUT2D eigenvalue weighted by atomic mass is 127. The van der Waals surface area contributed by atoms with E-state index in [4.69, 9.17) is 10.3 Å². The number of hydrogen-bond donors (Lipinski definition) is 1. The van der Waals surface area contributed by atoms with E-state index < -0.39 is 0 Å². The average Bonchev–Trinajstić information content (AvgIpc) is 2.82. The van der Waals surface area contributed by atoms with Crippen LogP contribution in [-0.2, 0) is 0 Å². The maximum atomic E-state index is 5.93. The fraction of sp³-hybridized carbons (Fsp3) is 0. The molecule has 0 unspecified atom stereocenters. The largest absolute Gasteiger partial charge is 0.367 e. The monoisotopic (exact) mass is 362 g/mol. The molecule has 0 amide bonds. The number of hydrogen-bond acceptors (Lipinski definition) is 3. The molecule has 3 aromatic rings. The molecule has 2 aromatic carbocycles. The van der Waals surface area contributed by atoms with Crippen LogP contribution in [-0.4, -0.2) is 5.16 Å². The zero-order chi connectivity index (χ0) is 13.2. The van der Waals surface area contributed by atoms with Crippen molar-refractivity contribution in [1.29, 1.82) is 0 Å². The van der Waals surface area contributed by atoms with Gasteiger partial charge in [-0.25, -0.2) is 0 Å². The molecule has 3 rings (SSSR count). The van der Waals surface area contributed by atoms with Gasteiger partial charge in [-0.1, -0.05) is 53.7 Å². The number of rotatable bonds is 2. The Balaban J connectivity index is 2.23. The molecule has 1 aromatic heterocycles. The Morgan fingerprint density at radius 3 is 2.37 bits per heavy atom. The van der Waals surface area contributed by atoms with Gasteiger partial charge in [-0.2, -0.15) is 0 Å². The van der Waals surface area contributed by atoms with Gasteiger partial charge in [0.05, 0.1) is 5.56 Å². The molecule has 0 radical (unpaired) electrons. The summed E-state index contributed by atoms with van der Waals surface area (Å²) in [4.78, 5) is 0. The van der Waals surface area contributed by atoms with E-state index in [0.29, 0.717) is 5.88 Å². The van der Waals surface area contributed by atoms with Gasteiger partial charge in [-0.05, 0) is 34.2 Å². The van der Waals surface area contributed by atoms with Crippen LogP contribution in [0.25, 0.3) is 22.4 Å². The molecule has 0 spiro atoms. The van der Waals surface area contributed by atoms with Crippen molar-refractivity contribution in [2.75, 3.05) is 5.73 Å². The molecule has 4 heteroatoms. The van der Waals surface area contributed by atoms with E-state index in [0.717, 1.165) is 26.0 Å². The lowest BCUT2D eigenvalue weighted by molar-refractivity contribution is 0.439. The predicted octanol–water partition coefficient (Wildman–Crippen LogP) is 4.20. The number of nitrogens with two attached hydrogens (primary N) is 1. The standard InChI is InChI=1S/C15H11IN2O/c16-12-9-5-4-8-11(12)14-13(15(17)19-18-14)10-6-2-1-3-7-10/h1-9H,17H2. The molecule has 19 heavy (non-hydrogen) atoms. The second kappa shape index (κ2) is 5.05. The van der Waals surface area contributed by atoms with Crippen molar-refractivity contribution < 1.29 is 4.52 Å². The third kappa shape index (κ3) is 2.23. The van der Waals surface area contributed by atoms with Crippen LogP contribution in [0.3, 0.4) is 0 Å². The third-order valence-corrected chi connectivity index (χ3v) is 3.85. The molecule has 2 N–H and O–H groups in total. The average molecular weight is 362 g/mol. The Bertz CT molecular complexity index is 707. The summed E-state index contributed by atoms with van der Waals surface area (Å²) in [6.07, 6.45) is 0. The van der Waals surface area contributed by atoms with Crippen LogP contribution in [0.15, 0.2) is 59.1 Å². The molecule has 0 aliphatic heterocycles. The minimum Gasteiger partial charge on any atom is -0.367 e. The van der Waals surface area contributed by atoms with Crippen LogP contribution in [0.4, 0.5) is 5.88 Å². The number of nitrogen functional groups attached to an aromatic ring is 1. The first kappa shape index (κ1) is 12.2. The second-order valence-corrected chi connectivity index (χ2v) is 5.28. The first-order valence-corrected chi connectivity index (χ1v) is 6.90. The molecule has 0 fully saturated rings. The highest BCUT2D eigenvalue weighted by Crippen LogP contribution is 2.37. The molecule has 0 aliphatic rings. The molecule has 0 aliphatic carbocycles. The fourth-order valence-electron chi connectivity index (χ4n) is 2.02. The van der Waals surface area contributed by atoms with E-state index in [-0.39, 0.29) is 0 Å². The summed E-state index contributed by atoms with van der Waals surface area (Å²) in [7, 11) is 0. The Hall–Kier alpha value is -1.82. The van der Waals surface area contributed by atoms with E-state index in [9.17, 15) is 0 Å². The Morgan fingerprint density at radius 2 is 1.63 bits per heavy atom. The van der Waals surface area contributed by atoms with Gasteiger partial charge >= 0.3 is 0 Å². The lowest BCUT2D eigenvalue weighted by Crippen LogP contribution is -1.89. The van der Waals surface area contributed by atoms with Gasteiger partial charge in [0.15, 0.2) is 0 Å². The molecular weight excluding hydrogens is 351 g/mol. The van der Waals surface area contributed by atoms with E-state index in [1.54, 1.807) is 0 Å². The maximum Gasteiger partial charge on any atom is 0.230 e. The lowest BCUT2D eigenvalue weighted by Gasteiger charge is -2.04. The zero-order valence-corrected chi connectivity index (χ0v) is 12.2. The summed E-state index contributed by atoms with van der Waals surface area (Å²) in [6.45, 7) is 0. The molecule has 0 atom stereocenters. The Labute approximate surface area is 124 Å². The molecule has 94 valence electrons. The Kier molecular flexibility index (Phi) is 3.25. The quantitative estimate of drug-likeness (QED) is 0.696. The molecular formula is C15H11IN2O. The maximum absolute atomic E-state index is 5.93. The summed E-state index contributed by atoms with van der Waals surface area (Å²) in [6, 6.07) is 18.0. The topological polar surface area (TPSA) is 52.0 Å². The first-order valence-electron chi connectivity index (χ1n) is 5.83. The van der Waals surface area contributed by atoms with Crippen molar-refractivity contribution in [1.82, 2.24) is 5.16 Å². The highest BCUT2D eigenvalue weighted by Gasteiger charge is 2.18. The second-order valence-electron chi connectivity index (χ2n) is 4.12. The molecule has 0 saturated carbocycles. The van der Waals surface area contributed by atoms with Crippen LogP contribution in [0, 0.1) is 3.57 Å². The summed E-state index contributed by atoms with van der Waals surface area (Å²) >= 11 is 2.29. The minimum atomic E-state index is 0.348. The summed E-state index contributed by atoms with van der Waals surface area (Å²) in [5, 5.41) is 4.12. The number of benzene rings is 2. The van der Waals surface area contributed by atoms with Crippen LogP contribution < -0.4 is 5.73 Å². The molecule has 1 heterocycles. The fourth-order valence-corrected chi connectivity index (χ4v) is 2.67. The third-order valence-electron chi connectivity index (χ3n) is 2.91. The zero-order valence-electron chi connectivity index (χ0n) is 10.0. The summed E-state index contributed by atoms with van der Waals surface area (Å²) in [5.74, 6) is 0.348. The predicted molar refractivity (Wildman–Crippen MR) is 84.5 cm³/mol. The van der Waals surface area contributed by atoms with Crippen LogP contribution in [0.1, 0.15) is 0 Å². The Morgan fingerprint density at radius 1 is 0.947 bits per heavy atom. The normalized spacial score (nSPS) is 10.6.